The highest BCUT2D eigenvalue weighted by Crippen LogP contribution is 2.19. The van der Waals surface area contributed by atoms with Gasteiger partial charge < -0.3 is 9.29 Å². The molecule has 0 saturated heterocycles. The molecule has 0 radical (unpaired) electrons. The first-order valence-electron chi connectivity index (χ1n) is 5.60. The summed E-state index contributed by atoms with van der Waals surface area (Å²) in [5.74, 6) is 0.0125. The first-order chi connectivity index (χ1) is 7.37. The van der Waals surface area contributed by atoms with Gasteiger partial charge in [0, 0.05) is 12.2 Å². The monoisotopic (exact) mass is 250 g/mol. The third-order valence-corrected chi connectivity index (χ3v) is 3.17. The standard InChI is InChI=1S/C11H22O4S/c1-4-11(2,3)9-15-10(12)7-5-6-8-16(13)14/h4-9H2,1-3H3,(H,13,14). The molecular formula is C11H22O4S. The molecule has 16 heavy (non-hydrogen) atoms. The molecule has 0 rings (SSSR count). The predicted molar refractivity (Wildman–Crippen MR) is 64.5 cm³/mol. The smallest absolute Gasteiger partial charge is 0.305 e. The van der Waals surface area contributed by atoms with E-state index in [0.717, 1.165) is 6.42 Å². The molecule has 0 aromatic rings. The van der Waals surface area contributed by atoms with Crippen molar-refractivity contribution in [3.8, 4) is 0 Å². The maximum atomic E-state index is 11.3. The van der Waals surface area contributed by atoms with Crippen molar-refractivity contribution in [1.29, 1.82) is 0 Å². The third-order valence-electron chi connectivity index (χ3n) is 2.53. The Balaban J connectivity index is 3.56. The normalized spacial score (nSPS) is 13.5. The van der Waals surface area contributed by atoms with Crippen LogP contribution in [-0.4, -0.2) is 27.1 Å². The minimum Gasteiger partial charge on any atom is -0.465 e. The Labute approximate surface area is 100 Å². The average molecular weight is 250 g/mol. The SMILES string of the molecule is CCC(C)(C)COC(=O)CCCCS(=O)O. The van der Waals surface area contributed by atoms with Crippen LogP contribution in [0.25, 0.3) is 0 Å². The largest absolute Gasteiger partial charge is 0.465 e. The van der Waals surface area contributed by atoms with Gasteiger partial charge in [0.1, 0.15) is 0 Å². The zero-order valence-electron chi connectivity index (χ0n) is 10.3. The van der Waals surface area contributed by atoms with E-state index in [2.05, 4.69) is 20.8 Å². The molecule has 0 heterocycles. The molecule has 1 N–H and O–H groups in total. The zero-order valence-corrected chi connectivity index (χ0v) is 11.1. The molecule has 0 saturated carbocycles. The lowest BCUT2D eigenvalue weighted by atomic mass is 9.92. The molecule has 1 atom stereocenters. The summed E-state index contributed by atoms with van der Waals surface area (Å²) in [5.41, 5.74) is 0.0300. The zero-order chi connectivity index (χ0) is 12.6. The van der Waals surface area contributed by atoms with Crippen LogP contribution in [0.5, 0.6) is 0 Å². The highest BCUT2D eigenvalue weighted by molar-refractivity contribution is 7.79. The van der Waals surface area contributed by atoms with Crippen molar-refractivity contribution in [1.82, 2.24) is 0 Å². The Kier molecular flexibility index (Phi) is 7.58. The van der Waals surface area contributed by atoms with Crippen molar-refractivity contribution >= 4 is 17.0 Å². The van der Waals surface area contributed by atoms with Crippen LogP contribution in [0.1, 0.15) is 46.5 Å². The van der Waals surface area contributed by atoms with E-state index in [0.29, 0.717) is 25.9 Å². The van der Waals surface area contributed by atoms with E-state index in [1.165, 1.54) is 0 Å². The fourth-order valence-electron chi connectivity index (χ4n) is 0.945. The first-order valence-corrected chi connectivity index (χ1v) is 6.88. The Morgan fingerprint density at radius 2 is 2.00 bits per heavy atom. The molecule has 0 aromatic heterocycles. The van der Waals surface area contributed by atoms with E-state index < -0.39 is 11.1 Å². The minimum absolute atomic E-state index is 0.0300. The Hall–Kier alpha value is -0.420. The molecule has 1 unspecified atom stereocenters. The second kappa shape index (κ2) is 7.79. The van der Waals surface area contributed by atoms with Gasteiger partial charge in [0.05, 0.1) is 6.61 Å². The number of carbonyl (C=O) groups is 1. The van der Waals surface area contributed by atoms with E-state index in [-0.39, 0.29) is 17.1 Å². The summed E-state index contributed by atoms with van der Waals surface area (Å²) < 4.78 is 24.0. The topological polar surface area (TPSA) is 63.6 Å². The van der Waals surface area contributed by atoms with Crippen molar-refractivity contribution in [3.05, 3.63) is 0 Å². The number of hydrogen-bond acceptors (Lipinski definition) is 3. The van der Waals surface area contributed by atoms with Crippen LogP contribution in [0.2, 0.25) is 0 Å². The second-order valence-corrected chi connectivity index (χ2v) is 5.71. The van der Waals surface area contributed by atoms with Gasteiger partial charge in [-0.1, -0.05) is 20.8 Å². The molecule has 0 aliphatic rings. The van der Waals surface area contributed by atoms with Gasteiger partial charge in [0.25, 0.3) is 0 Å². The van der Waals surface area contributed by atoms with Gasteiger partial charge in [-0.2, -0.15) is 0 Å². The summed E-state index contributed by atoms with van der Waals surface area (Å²) in [6, 6.07) is 0. The van der Waals surface area contributed by atoms with Crippen LogP contribution in [-0.2, 0) is 20.6 Å². The minimum atomic E-state index is -1.75. The van der Waals surface area contributed by atoms with Gasteiger partial charge >= 0.3 is 5.97 Å². The van der Waals surface area contributed by atoms with Crippen molar-refractivity contribution in [3.63, 3.8) is 0 Å². The average Bonchev–Trinajstić information content (AvgIpc) is 2.21. The second-order valence-electron chi connectivity index (χ2n) is 4.66. The Bertz CT molecular complexity index is 238. The molecule has 4 nitrogen and oxygen atoms in total. The lowest BCUT2D eigenvalue weighted by molar-refractivity contribution is -0.146. The third kappa shape index (κ3) is 8.85. The van der Waals surface area contributed by atoms with Gasteiger partial charge in [-0.05, 0) is 24.7 Å². The quantitative estimate of drug-likeness (QED) is 0.408. The molecule has 96 valence electrons. The number of esters is 1. The molecule has 0 amide bonds. The fraction of sp³-hybridized carbons (Fsp3) is 0.909. The van der Waals surface area contributed by atoms with Crippen LogP contribution in [0.4, 0.5) is 0 Å². The summed E-state index contributed by atoms with van der Waals surface area (Å²) in [6.45, 7) is 6.60. The van der Waals surface area contributed by atoms with Crippen LogP contribution in [0.15, 0.2) is 0 Å². The fourth-order valence-corrected chi connectivity index (χ4v) is 1.40. The van der Waals surface area contributed by atoms with Gasteiger partial charge in [0.2, 0.25) is 0 Å². The molecule has 0 spiro atoms. The lowest BCUT2D eigenvalue weighted by Gasteiger charge is -2.21. The van der Waals surface area contributed by atoms with Crippen molar-refractivity contribution in [2.75, 3.05) is 12.4 Å². The molecule has 0 aromatic carbocycles. The van der Waals surface area contributed by atoms with Crippen molar-refractivity contribution < 1.29 is 18.3 Å². The van der Waals surface area contributed by atoms with Crippen LogP contribution in [0, 0.1) is 5.41 Å². The maximum Gasteiger partial charge on any atom is 0.305 e. The van der Waals surface area contributed by atoms with E-state index >= 15 is 0 Å². The lowest BCUT2D eigenvalue weighted by Crippen LogP contribution is -2.20. The molecule has 0 aliphatic carbocycles. The van der Waals surface area contributed by atoms with E-state index in [9.17, 15) is 9.00 Å². The Morgan fingerprint density at radius 3 is 2.50 bits per heavy atom. The van der Waals surface area contributed by atoms with Crippen molar-refractivity contribution in [2.45, 2.75) is 46.5 Å². The number of hydrogen-bond donors (Lipinski definition) is 1. The number of unbranched alkanes of at least 4 members (excludes halogenated alkanes) is 1. The van der Waals surface area contributed by atoms with Gasteiger partial charge in [-0.3, -0.25) is 4.79 Å². The molecule has 0 bridgehead atoms. The van der Waals surface area contributed by atoms with E-state index in [1.54, 1.807) is 0 Å². The summed E-state index contributed by atoms with van der Waals surface area (Å²) in [4.78, 5) is 11.3. The highest BCUT2D eigenvalue weighted by Gasteiger charge is 2.17. The van der Waals surface area contributed by atoms with E-state index in [1.807, 2.05) is 0 Å². The Morgan fingerprint density at radius 1 is 1.38 bits per heavy atom. The highest BCUT2D eigenvalue weighted by atomic mass is 32.2. The van der Waals surface area contributed by atoms with Gasteiger partial charge in [-0.25, -0.2) is 4.21 Å². The summed E-state index contributed by atoms with van der Waals surface area (Å²) in [5, 5.41) is 0. The maximum absolute atomic E-state index is 11.3. The van der Waals surface area contributed by atoms with Gasteiger partial charge in [0.15, 0.2) is 11.1 Å². The first kappa shape index (κ1) is 15.6. The summed E-state index contributed by atoms with van der Waals surface area (Å²) in [7, 11) is 0. The molecule has 5 heteroatoms. The predicted octanol–water partition coefficient (Wildman–Crippen LogP) is 2.36. The van der Waals surface area contributed by atoms with Crippen LogP contribution < -0.4 is 0 Å². The van der Waals surface area contributed by atoms with Crippen LogP contribution in [0.3, 0.4) is 0 Å². The molecule has 0 aliphatic heterocycles. The number of carbonyl (C=O) groups excluding carboxylic acids is 1. The van der Waals surface area contributed by atoms with E-state index in [4.69, 9.17) is 9.29 Å². The van der Waals surface area contributed by atoms with Crippen LogP contribution >= 0.6 is 0 Å². The van der Waals surface area contributed by atoms with Gasteiger partial charge in [-0.15, -0.1) is 0 Å². The van der Waals surface area contributed by atoms with Crippen molar-refractivity contribution in [2.24, 2.45) is 5.41 Å². The molecular weight excluding hydrogens is 228 g/mol. The number of rotatable bonds is 8. The summed E-state index contributed by atoms with van der Waals surface area (Å²) >= 11 is -1.75. The molecule has 0 fully saturated rings. The summed E-state index contributed by atoms with van der Waals surface area (Å²) in [6.07, 6.45) is 2.48. The number of ether oxygens (including phenoxy) is 1.